The lowest BCUT2D eigenvalue weighted by Crippen LogP contribution is -2.35. The van der Waals surface area contributed by atoms with E-state index in [1.165, 1.54) is 242 Å². The monoisotopic (exact) mass is 809 g/mol. The number of nitrogens with zero attached hydrogens (tertiary/aromatic N) is 2. The predicted molar refractivity (Wildman–Crippen MR) is 262 cm³/mol. The average Bonchev–Trinajstić information content (AvgIpc) is 3.72. The van der Waals surface area contributed by atoms with Crippen molar-refractivity contribution < 1.29 is 0 Å². The Kier molecular flexibility index (Phi) is 30.5. The average molecular weight is 809 g/mol. The molecular formula is C57H96N2. The molecule has 0 saturated heterocycles. The van der Waals surface area contributed by atoms with E-state index in [1.807, 2.05) is 0 Å². The van der Waals surface area contributed by atoms with Gasteiger partial charge in [-0.25, -0.2) is 4.98 Å². The molecule has 0 aliphatic heterocycles. The largest absolute Gasteiger partial charge is 0.335 e. The van der Waals surface area contributed by atoms with E-state index >= 15 is 0 Å². The Morgan fingerprint density at radius 2 is 0.797 bits per heavy atom. The highest BCUT2D eigenvalue weighted by atomic mass is 15.1. The number of unbranched alkanes of at least 4 members (excludes halogenated alkanes) is 32. The lowest BCUT2D eigenvalue weighted by atomic mass is 9.66. The van der Waals surface area contributed by atoms with Gasteiger partial charge in [-0.1, -0.05) is 293 Å². The number of imidazole rings is 1. The molecule has 59 heavy (non-hydrogen) atoms. The van der Waals surface area contributed by atoms with Gasteiger partial charge in [0, 0.05) is 30.3 Å². The summed E-state index contributed by atoms with van der Waals surface area (Å²) >= 11 is 0. The maximum absolute atomic E-state index is 5.20. The summed E-state index contributed by atoms with van der Waals surface area (Å²) in [4.78, 5) is 5.20. The van der Waals surface area contributed by atoms with Gasteiger partial charge in [-0.05, 0) is 30.4 Å². The lowest BCUT2D eigenvalue weighted by Gasteiger charge is -2.39. The molecule has 1 aromatic heterocycles. The van der Waals surface area contributed by atoms with E-state index in [9.17, 15) is 0 Å². The first-order chi connectivity index (χ1) is 29.2. The van der Waals surface area contributed by atoms with Gasteiger partial charge in [0.25, 0.3) is 0 Å². The van der Waals surface area contributed by atoms with E-state index < -0.39 is 0 Å². The van der Waals surface area contributed by atoms with Gasteiger partial charge in [0.05, 0.1) is 0 Å². The smallest absolute Gasteiger partial charge is 0.112 e. The van der Waals surface area contributed by atoms with Crippen LogP contribution < -0.4 is 0 Å². The summed E-state index contributed by atoms with van der Waals surface area (Å²) in [5.74, 6) is 1.70. The van der Waals surface area contributed by atoms with Crippen molar-refractivity contribution in [1.29, 1.82) is 0 Å². The summed E-state index contributed by atoms with van der Waals surface area (Å²) in [5, 5.41) is 0. The topological polar surface area (TPSA) is 17.8 Å². The highest BCUT2D eigenvalue weighted by Gasteiger charge is 2.39. The first-order valence-electron chi connectivity index (χ1n) is 26.3. The van der Waals surface area contributed by atoms with Crippen LogP contribution in [0.4, 0.5) is 0 Å². The van der Waals surface area contributed by atoms with Crippen LogP contribution in [0.15, 0.2) is 73.1 Å². The molecule has 3 rings (SSSR count). The van der Waals surface area contributed by atoms with Crippen LogP contribution in [0.25, 0.3) is 0 Å². The maximum Gasteiger partial charge on any atom is 0.112 e. The van der Waals surface area contributed by atoms with Crippen LogP contribution in [0.1, 0.15) is 268 Å². The predicted octanol–water partition coefficient (Wildman–Crippen LogP) is 18.9. The minimum Gasteiger partial charge on any atom is -0.335 e. The number of hydrogen-bond donors (Lipinski definition) is 0. The molecule has 0 saturated carbocycles. The highest BCUT2D eigenvalue weighted by Crippen LogP contribution is 2.44. The zero-order chi connectivity index (χ0) is 41.7. The van der Waals surface area contributed by atoms with E-state index in [4.69, 9.17) is 4.98 Å². The fourth-order valence-electron chi connectivity index (χ4n) is 9.90. The van der Waals surface area contributed by atoms with Crippen LogP contribution >= 0.6 is 0 Å². The van der Waals surface area contributed by atoms with Gasteiger partial charge in [0.1, 0.15) is 5.82 Å². The number of aryl methyl sites for hydroxylation is 1. The quantitative estimate of drug-likeness (QED) is 0.0522. The molecule has 0 aliphatic carbocycles. The minimum atomic E-state index is -0.0327. The van der Waals surface area contributed by atoms with E-state index in [0.29, 0.717) is 5.92 Å². The molecule has 0 aliphatic rings. The number of rotatable bonds is 41. The van der Waals surface area contributed by atoms with E-state index in [-0.39, 0.29) is 5.41 Å². The van der Waals surface area contributed by atoms with Gasteiger partial charge in [0.15, 0.2) is 0 Å². The fraction of sp³-hybridized carbons (Fsp3) is 0.737. The first-order valence-corrected chi connectivity index (χ1v) is 26.3. The van der Waals surface area contributed by atoms with E-state index in [1.54, 1.807) is 0 Å². The molecule has 2 atom stereocenters. The number of aromatic nitrogens is 2. The minimum absolute atomic E-state index is 0.0327. The van der Waals surface area contributed by atoms with Crippen LogP contribution in [-0.4, -0.2) is 9.55 Å². The molecule has 0 radical (unpaired) electrons. The van der Waals surface area contributed by atoms with Gasteiger partial charge in [-0.15, -0.1) is 0 Å². The molecule has 0 spiro atoms. The number of hydrogen-bond acceptors (Lipinski definition) is 1. The molecule has 0 N–H and O–H groups in total. The molecule has 2 heteroatoms. The highest BCUT2D eigenvalue weighted by molar-refractivity contribution is 5.33. The molecular weight excluding hydrogens is 713 g/mol. The van der Waals surface area contributed by atoms with Crippen molar-refractivity contribution in [3.63, 3.8) is 0 Å². The third kappa shape index (κ3) is 23.4. The van der Waals surface area contributed by atoms with Gasteiger partial charge < -0.3 is 4.57 Å². The SMILES string of the molecule is CCCCCCCCCCCCCCCCCCCC(c1nccn1CCCCCCCCCCCCCCCCCCC)C(C)(Cc1ccccc1)c1ccccc1. The maximum atomic E-state index is 5.20. The third-order valence-electron chi connectivity index (χ3n) is 13.8. The number of benzene rings is 2. The molecule has 0 fully saturated rings. The lowest BCUT2D eigenvalue weighted by molar-refractivity contribution is 0.321. The Labute approximate surface area is 368 Å². The summed E-state index contributed by atoms with van der Waals surface area (Å²) in [5.41, 5.74) is 2.85. The molecule has 334 valence electrons. The van der Waals surface area contributed by atoms with E-state index in [2.05, 4.69) is 98.4 Å². The Morgan fingerprint density at radius 1 is 0.441 bits per heavy atom. The normalized spacial score (nSPS) is 13.2. The summed E-state index contributed by atoms with van der Waals surface area (Å²) in [7, 11) is 0. The van der Waals surface area contributed by atoms with Crippen LogP contribution in [0, 0.1) is 0 Å². The second kappa shape index (κ2) is 35.3. The van der Waals surface area contributed by atoms with Crippen molar-refractivity contribution >= 4 is 0 Å². The molecule has 0 bridgehead atoms. The van der Waals surface area contributed by atoms with Gasteiger partial charge in [-0.3, -0.25) is 0 Å². The summed E-state index contributed by atoms with van der Waals surface area (Å²) in [6.07, 6.45) is 54.8. The standard InChI is InChI=1S/C57H96N2/c1-4-6-8-10-12-14-16-18-20-22-24-26-28-30-32-34-42-48-55(57(3,54-46-40-37-41-47-54)52-53-44-38-36-39-45-53)56-58-49-51-59(56)50-43-35-33-31-29-27-25-23-21-19-17-15-13-11-9-7-5-2/h36-41,44-47,49,51,55H,4-35,42-43,48,50,52H2,1-3H3. The Balaban J connectivity index is 1.42. The fourth-order valence-corrected chi connectivity index (χ4v) is 9.90. The second-order valence-electron chi connectivity index (χ2n) is 19.1. The van der Waals surface area contributed by atoms with Crippen LogP contribution in [-0.2, 0) is 18.4 Å². The van der Waals surface area contributed by atoms with Crippen molar-refractivity contribution in [1.82, 2.24) is 9.55 Å². The Bertz CT molecular complexity index is 1310. The Morgan fingerprint density at radius 3 is 1.20 bits per heavy atom. The van der Waals surface area contributed by atoms with Gasteiger partial charge in [-0.2, -0.15) is 0 Å². The molecule has 2 unspecified atom stereocenters. The van der Waals surface area contributed by atoms with Crippen LogP contribution in [0.2, 0.25) is 0 Å². The first kappa shape index (κ1) is 51.0. The van der Waals surface area contributed by atoms with Gasteiger partial charge >= 0.3 is 0 Å². The third-order valence-corrected chi connectivity index (χ3v) is 13.8. The molecule has 0 amide bonds. The van der Waals surface area contributed by atoms with E-state index in [0.717, 1.165) is 13.0 Å². The van der Waals surface area contributed by atoms with Crippen molar-refractivity contribution in [3.05, 3.63) is 90.0 Å². The molecule has 3 aromatic rings. The summed E-state index contributed by atoms with van der Waals surface area (Å²) in [6, 6.07) is 22.7. The van der Waals surface area contributed by atoms with Crippen LogP contribution in [0.3, 0.4) is 0 Å². The summed E-state index contributed by atoms with van der Waals surface area (Å²) in [6.45, 7) is 8.26. The molecule has 2 aromatic carbocycles. The van der Waals surface area contributed by atoms with Crippen molar-refractivity contribution in [2.24, 2.45) is 0 Å². The van der Waals surface area contributed by atoms with Crippen LogP contribution in [0.5, 0.6) is 0 Å². The Hall–Kier alpha value is -2.35. The van der Waals surface area contributed by atoms with Crippen molar-refractivity contribution in [2.75, 3.05) is 0 Å². The van der Waals surface area contributed by atoms with Crippen molar-refractivity contribution in [2.45, 2.75) is 270 Å². The zero-order valence-electron chi connectivity index (χ0n) is 39.6. The summed E-state index contributed by atoms with van der Waals surface area (Å²) < 4.78 is 2.55. The molecule has 2 nitrogen and oxygen atoms in total. The second-order valence-corrected chi connectivity index (χ2v) is 19.1. The molecule has 1 heterocycles. The zero-order valence-corrected chi connectivity index (χ0v) is 39.6. The van der Waals surface area contributed by atoms with Gasteiger partial charge in [0.2, 0.25) is 0 Å². The van der Waals surface area contributed by atoms with Crippen molar-refractivity contribution in [3.8, 4) is 0 Å².